The van der Waals surface area contributed by atoms with E-state index in [0.29, 0.717) is 5.69 Å². The number of pyridine rings is 1. The van der Waals surface area contributed by atoms with Crippen LogP contribution in [0.15, 0.2) is 41.3 Å². The molecule has 6 nitrogen and oxygen atoms in total. The van der Waals surface area contributed by atoms with Gasteiger partial charge in [0.05, 0.1) is 7.11 Å². The van der Waals surface area contributed by atoms with Crippen LogP contribution in [0.5, 0.6) is 5.75 Å². The highest BCUT2D eigenvalue weighted by Gasteiger charge is 2.20. The molecule has 0 fully saturated rings. The van der Waals surface area contributed by atoms with E-state index in [2.05, 4.69) is 9.71 Å². The minimum Gasteiger partial charge on any atom is -0.495 e. The van der Waals surface area contributed by atoms with Gasteiger partial charge in [0.2, 0.25) is 0 Å². The molecule has 0 bridgehead atoms. The lowest BCUT2D eigenvalue weighted by Gasteiger charge is -2.11. The van der Waals surface area contributed by atoms with E-state index in [0.717, 1.165) is 0 Å². The summed E-state index contributed by atoms with van der Waals surface area (Å²) >= 11 is 5.71. The fourth-order valence-corrected chi connectivity index (χ4v) is 2.93. The minimum atomic E-state index is -3.87. The third-order valence-corrected chi connectivity index (χ3v) is 4.02. The van der Waals surface area contributed by atoms with Crippen molar-refractivity contribution in [1.82, 2.24) is 4.98 Å². The van der Waals surface area contributed by atoms with E-state index in [1.165, 1.54) is 25.3 Å². The molecule has 1 aromatic heterocycles. The Balaban J connectivity index is 2.43. The van der Waals surface area contributed by atoms with Gasteiger partial charge in [0.15, 0.2) is 0 Å². The zero-order valence-electron chi connectivity index (χ0n) is 10.5. The lowest BCUT2D eigenvalue weighted by Crippen LogP contribution is -2.15. The Hall–Kier alpha value is -1.99. The number of rotatable bonds is 4. The highest BCUT2D eigenvalue weighted by atomic mass is 35.5. The van der Waals surface area contributed by atoms with Gasteiger partial charge in [-0.15, -0.1) is 0 Å². The number of nitrogens with two attached hydrogens (primary N) is 1. The van der Waals surface area contributed by atoms with Gasteiger partial charge in [-0.25, -0.2) is 13.4 Å². The summed E-state index contributed by atoms with van der Waals surface area (Å²) in [5, 5.41) is 0.185. The molecule has 0 amide bonds. The topological polar surface area (TPSA) is 94.3 Å². The fraction of sp³-hybridized carbons (Fsp3) is 0.0833. The Morgan fingerprint density at radius 2 is 2.05 bits per heavy atom. The third kappa shape index (κ3) is 3.12. The van der Waals surface area contributed by atoms with Crippen molar-refractivity contribution >= 4 is 33.1 Å². The molecule has 0 spiro atoms. The van der Waals surface area contributed by atoms with Crippen LogP contribution in [0.2, 0.25) is 5.15 Å². The van der Waals surface area contributed by atoms with Gasteiger partial charge in [0, 0.05) is 5.69 Å². The molecule has 0 unspecified atom stereocenters. The zero-order valence-corrected chi connectivity index (χ0v) is 12.1. The van der Waals surface area contributed by atoms with Gasteiger partial charge >= 0.3 is 0 Å². The van der Waals surface area contributed by atoms with Gasteiger partial charge in [-0.05, 0) is 30.3 Å². The maximum Gasteiger partial charge on any atom is 0.266 e. The second kappa shape index (κ2) is 5.56. The summed E-state index contributed by atoms with van der Waals surface area (Å²) in [4.78, 5) is 3.80. The van der Waals surface area contributed by atoms with Gasteiger partial charge in [-0.2, -0.15) is 0 Å². The van der Waals surface area contributed by atoms with Crippen LogP contribution in [0, 0.1) is 0 Å². The van der Waals surface area contributed by atoms with Crippen LogP contribution in [-0.2, 0) is 10.0 Å². The van der Waals surface area contributed by atoms with Crippen LogP contribution < -0.4 is 15.2 Å². The number of hydrogen-bond acceptors (Lipinski definition) is 5. The number of sulfonamides is 1. The average molecular weight is 314 g/mol. The predicted octanol–water partition coefficient (Wildman–Crippen LogP) is 2.13. The van der Waals surface area contributed by atoms with Crippen molar-refractivity contribution in [3.05, 3.63) is 41.6 Å². The van der Waals surface area contributed by atoms with Gasteiger partial charge < -0.3 is 10.5 Å². The Morgan fingerprint density at radius 1 is 1.30 bits per heavy atom. The molecule has 0 aliphatic heterocycles. The van der Waals surface area contributed by atoms with Crippen molar-refractivity contribution in [2.24, 2.45) is 0 Å². The molecule has 0 saturated carbocycles. The van der Waals surface area contributed by atoms with Gasteiger partial charge in [-0.3, -0.25) is 4.72 Å². The van der Waals surface area contributed by atoms with Crippen molar-refractivity contribution in [3.8, 4) is 5.75 Å². The number of anilines is 2. The molecule has 20 heavy (non-hydrogen) atoms. The maximum absolute atomic E-state index is 12.3. The fourth-order valence-electron chi connectivity index (χ4n) is 1.56. The van der Waals surface area contributed by atoms with Crippen molar-refractivity contribution in [2.75, 3.05) is 17.6 Å². The molecule has 2 aromatic rings. The Kier molecular flexibility index (Phi) is 4.01. The van der Waals surface area contributed by atoms with Crippen molar-refractivity contribution in [2.45, 2.75) is 4.90 Å². The number of halogens is 1. The molecule has 0 aliphatic rings. The summed E-state index contributed by atoms with van der Waals surface area (Å²) < 4.78 is 32.0. The number of methoxy groups -OCH3 is 1. The molecular weight excluding hydrogens is 302 g/mol. The number of hydrogen-bond donors (Lipinski definition) is 2. The third-order valence-electron chi connectivity index (χ3n) is 2.43. The number of benzene rings is 1. The van der Waals surface area contributed by atoms with Gasteiger partial charge in [0.1, 0.15) is 21.6 Å². The summed E-state index contributed by atoms with van der Waals surface area (Å²) in [6, 6.07) is 8.96. The van der Waals surface area contributed by atoms with Crippen LogP contribution in [0.3, 0.4) is 0 Å². The van der Waals surface area contributed by atoms with Crippen LogP contribution in [-0.4, -0.2) is 20.5 Å². The smallest absolute Gasteiger partial charge is 0.266 e. The molecule has 0 saturated heterocycles. The van der Waals surface area contributed by atoms with E-state index in [-0.39, 0.29) is 21.6 Å². The largest absolute Gasteiger partial charge is 0.495 e. The molecule has 0 aliphatic carbocycles. The molecule has 1 heterocycles. The summed E-state index contributed by atoms with van der Waals surface area (Å²) in [6.07, 6.45) is 0. The van der Waals surface area contributed by atoms with Gasteiger partial charge in [0.25, 0.3) is 10.0 Å². The molecule has 1 aromatic carbocycles. The second-order valence-electron chi connectivity index (χ2n) is 3.86. The highest BCUT2D eigenvalue weighted by Crippen LogP contribution is 2.27. The molecule has 0 atom stereocenters. The minimum absolute atomic E-state index is 0.0678. The first-order valence-corrected chi connectivity index (χ1v) is 7.37. The first-order chi connectivity index (χ1) is 9.42. The molecule has 2 rings (SSSR count). The maximum atomic E-state index is 12.3. The SMILES string of the molecule is COc1ccc(N)cc1S(=O)(=O)Nc1cccc(Cl)n1. The van der Waals surface area contributed by atoms with E-state index in [9.17, 15) is 8.42 Å². The number of ether oxygens (including phenoxy) is 1. The quantitative estimate of drug-likeness (QED) is 0.666. The van der Waals surface area contributed by atoms with Crippen LogP contribution >= 0.6 is 11.6 Å². The molecule has 106 valence electrons. The summed E-state index contributed by atoms with van der Waals surface area (Å²) in [5.41, 5.74) is 5.92. The molecular formula is C12H12ClN3O3S. The van der Waals surface area contributed by atoms with Crippen molar-refractivity contribution < 1.29 is 13.2 Å². The predicted molar refractivity (Wildman–Crippen MR) is 77.5 cm³/mol. The van der Waals surface area contributed by atoms with E-state index >= 15 is 0 Å². The monoisotopic (exact) mass is 313 g/mol. The standard InChI is InChI=1S/C12H12ClN3O3S/c1-19-9-6-5-8(14)7-10(9)20(17,18)16-12-4-2-3-11(13)15-12/h2-7H,14H2,1H3,(H,15,16). The normalized spacial score (nSPS) is 11.1. The number of nitrogens with zero attached hydrogens (tertiary/aromatic N) is 1. The first-order valence-electron chi connectivity index (χ1n) is 5.51. The van der Waals surface area contributed by atoms with Crippen molar-refractivity contribution in [3.63, 3.8) is 0 Å². The van der Waals surface area contributed by atoms with Gasteiger partial charge in [-0.1, -0.05) is 17.7 Å². The van der Waals surface area contributed by atoms with E-state index in [4.69, 9.17) is 22.1 Å². The molecule has 3 N–H and O–H groups in total. The Bertz CT molecular complexity index is 734. The first kappa shape index (κ1) is 14.4. The number of nitrogens with one attached hydrogen (secondary N) is 1. The van der Waals surface area contributed by atoms with Crippen molar-refractivity contribution in [1.29, 1.82) is 0 Å². The zero-order chi connectivity index (χ0) is 14.8. The second-order valence-corrected chi connectivity index (χ2v) is 5.90. The number of nitrogen functional groups attached to an aromatic ring is 1. The van der Waals surface area contributed by atoms with Crippen LogP contribution in [0.1, 0.15) is 0 Å². The average Bonchev–Trinajstić information content (AvgIpc) is 2.38. The summed E-state index contributed by atoms with van der Waals surface area (Å²) in [5.74, 6) is 0.302. The molecule has 8 heteroatoms. The van der Waals surface area contributed by atoms with Crippen LogP contribution in [0.4, 0.5) is 11.5 Å². The lowest BCUT2D eigenvalue weighted by atomic mass is 10.3. The lowest BCUT2D eigenvalue weighted by molar-refractivity contribution is 0.403. The number of aromatic nitrogens is 1. The summed E-state index contributed by atoms with van der Waals surface area (Å²) in [7, 11) is -2.49. The molecule has 0 radical (unpaired) electrons. The Labute approximate surface area is 121 Å². The summed E-state index contributed by atoms with van der Waals surface area (Å²) in [6.45, 7) is 0. The highest BCUT2D eigenvalue weighted by molar-refractivity contribution is 7.92. The van der Waals surface area contributed by atoms with Crippen LogP contribution in [0.25, 0.3) is 0 Å². The van der Waals surface area contributed by atoms with E-state index < -0.39 is 10.0 Å². The Morgan fingerprint density at radius 3 is 2.70 bits per heavy atom. The van der Waals surface area contributed by atoms with E-state index in [1.54, 1.807) is 18.2 Å². The van der Waals surface area contributed by atoms with E-state index in [1.807, 2.05) is 0 Å².